The SMILES string of the molecule is N#Cc1cncc(-c2ccccc2-c2ccsc2)c1Nc1ccc2[nH]ccc2c1. The van der Waals surface area contributed by atoms with E-state index in [1.54, 1.807) is 17.5 Å². The van der Waals surface area contributed by atoms with Gasteiger partial charge in [0, 0.05) is 40.7 Å². The fourth-order valence-electron chi connectivity index (χ4n) is 3.55. The Morgan fingerprint density at radius 1 is 0.966 bits per heavy atom. The Morgan fingerprint density at radius 3 is 2.69 bits per heavy atom. The van der Waals surface area contributed by atoms with Crippen molar-refractivity contribution < 1.29 is 0 Å². The van der Waals surface area contributed by atoms with Gasteiger partial charge in [0.25, 0.3) is 0 Å². The summed E-state index contributed by atoms with van der Waals surface area (Å²) in [6.45, 7) is 0. The first-order valence-electron chi connectivity index (χ1n) is 9.18. The fraction of sp³-hybridized carbons (Fsp3) is 0. The number of aromatic amines is 1. The van der Waals surface area contributed by atoms with Crippen LogP contribution in [0.5, 0.6) is 0 Å². The van der Waals surface area contributed by atoms with E-state index in [9.17, 15) is 5.26 Å². The van der Waals surface area contributed by atoms with E-state index in [4.69, 9.17) is 0 Å². The van der Waals surface area contributed by atoms with Crippen LogP contribution in [-0.2, 0) is 0 Å². The number of hydrogen-bond acceptors (Lipinski definition) is 4. The highest BCUT2D eigenvalue weighted by Crippen LogP contribution is 2.39. The third-order valence-corrected chi connectivity index (χ3v) is 5.62. The average molecular weight is 392 g/mol. The monoisotopic (exact) mass is 392 g/mol. The lowest BCUT2D eigenvalue weighted by Crippen LogP contribution is -1.99. The van der Waals surface area contributed by atoms with Crippen LogP contribution in [0.2, 0.25) is 0 Å². The maximum Gasteiger partial charge on any atom is 0.103 e. The van der Waals surface area contributed by atoms with Crippen LogP contribution in [0.4, 0.5) is 11.4 Å². The molecule has 5 rings (SSSR count). The molecule has 2 aromatic carbocycles. The van der Waals surface area contributed by atoms with E-state index in [0.717, 1.165) is 44.5 Å². The number of pyridine rings is 1. The Morgan fingerprint density at radius 2 is 1.86 bits per heavy atom. The summed E-state index contributed by atoms with van der Waals surface area (Å²) >= 11 is 1.67. The second kappa shape index (κ2) is 7.27. The Labute approximate surface area is 172 Å². The molecule has 5 heteroatoms. The normalized spacial score (nSPS) is 10.7. The molecule has 0 aliphatic rings. The molecule has 2 N–H and O–H groups in total. The summed E-state index contributed by atoms with van der Waals surface area (Å²) in [5.74, 6) is 0. The van der Waals surface area contributed by atoms with Crippen molar-refractivity contribution in [3.63, 3.8) is 0 Å². The van der Waals surface area contributed by atoms with Crippen molar-refractivity contribution in [2.75, 3.05) is 5.32 Å². The van der Waals surface area contributed by atoms with Gasteiger partial charge < -0.3 is 10.3 Å². The maximum absolute atomic E-state index is 9.73. The van der Waals surface area contributed by atoms with Gasteiger partial charge in [0.05, 0.1) is 11.3 Å². The first-order chi connectivity index (χ1) is 14.3. The van der Waals surface area contributed by atoms with Crippen LogP contribution in [0.1, 0.15) is 5.56 Å². The van der Waals surface area contributed by atoms with E-state index in [0.29, 0.717) is 5.56 Å². The minimum atomic E-state index is 0.511. The van der Waals surface area contributed by atoms with E-state index in [2.05, 4.69) is 56.4 Å². The molecule has 0 spiro atoms. The van der Waals surface area contributed by atoms with Crippen LogP contribution < -0.4 is 5.32 Å². The van der Waals surface area contributed by atoms with Gasteiger partial charge in [-0.05, 0) is 57.8 Å². The quantitative estimate of drug-likeness (QED) is 0.363. The van der Waals surface area contributed by atoms with Crippen LogP contribution in [0.15, 0.2) is 83.9 Å². The van der Waals surface area contributed by atoms with Crippen LogP contribution >= 0.6 is 11.3 Å². The second-order valence-electron chi connectivity index (χ2n) is 6.68. The van der Waals surface area contributed by atoms with Crippen LogP contribution in [0.3, 0.4) is 0 Å². The maximum atomic E-state index is 9.73. The molecule has 0 fully saturated rings. The largest absolute Gasteiger partial charge is 0.361 e. The molecule has 3 heterocycles. The molecule has 0 saturated carbocycles. The van der Waals surface area contributed by atoms with E-state index >= 15 is 0 Å². The zero-order valence-electron chi connectivity index (χ0n) is 15.4. The number of fused-ring (bicyclic) bond motifs is 1. The number of benzene rings is 2. The predicted molar refractivity (Wildman–Crippen MR) is 119 cm³/mol. The Balaban J connectivity index is 1.67. The Hall–Kier alpha value is -3.88. The van der Waals surface area contributed by atoms with Crippen molar-refractivity contribution in [3.05, 3.63) is 89.5 Å². The van der Waals surface area contributed by atoms with Crippen LogP contribution in [0, 0.1) is 11.3 Å². The van der Waals surface area contributed by atoms with Gasteiger partial charge in [0.15, 0.2) is 0 Å². The molecule has 3 aromatic heterocycles. The number of nitriles is 1. The molecule has 138 valence electrons. The van der Waals surface area contributed by atoms with Gasteiger partial charge in [-0.2, -0.15) is 16.6 Å². The molecule has 0 amide bonds. The number of rotatable bonds is 4. The summed E-state index contributed by atoms with van der Waals surface area (Å²) in [4.78, 5) is 7.54. The minimum Gasteiger partial charge on any atom is -0.361 e. The van der Waals surface area contributed by atoms with Gasteiger partial charge >= 0.3 is 0 Å². The first-order valence-corrected chi connectivity index (χ1v) is 10.1. The van der Waals surface area contributed by atoms with Gasteiger partial charge in [-0.25, -0.2) is 0 Å². The highest BCUT2D eigenvalue weighted by Gasteiger charge is 2.15. The number of anilines is 2. The average Bonchev–Trinajstić information content (AvgIpc) is 3.46. The fourth-order valence-corrected chi connectivity index (χ4v) is 4.20. The van der Waals surface area contributed by atoms with Gasteiger partial charge in [0.1, 0.15) is 6.07 Å². The molecule has 29 heavy (non-hydrogen) atoms. The summed E-state index contributed by atoms with van der Waals surface area (Å²) in [6.07, 6.45) is 5.35. The molecule has 0 atom stereocenters. The van der Waals surface area contributed by atoms with Crippen molar-refractivity contribution in [1.29, 1.82) is 5.26 Å². The lowest BCUT2D eigenvalue weighted by Gasteiger charge is -2.16. The number of nitrogens with zero attached hydrogens (tertiary/aromatic N) is 2. The lowest BCUT2D eigenvalue weighted by molar-refractivity contribution is 1.30. The molecule has 0 aliphatic carbocycles. The molecule has 0 aliphatic heterocycles. The van der Waals surface area contributed by atoms with Crippen LogP contribution in [0.25, 0.3) is 33.2 Å². The molecule has 0 unspecified atom stereocenters. The van der Waals surface area contributed by atoms with Crippen molar-refractivity contribution in [2.45, 2.75) is 0 Å². The molecular weight excluding hydrogens is 376 g/mol. The third kappa shape index (κ3) is 3.16. The van der Waals surface area contributed by atoms with Gasteiger partial charge in [-0.1, -0.05) is 24.3 Å². The summed E-state index contributed by atoms with van der Waals surface area (Å²) in [5.41, 5.74) is 7.50. The van der Waals surface area contributed by atoms with Crippen molar-refractivity contribution >= 4 is 33.6 Å². The molecule has 0 radical (unpaired) electrons. The van der Waals surface area contributed by atoms with Gasteiger partial charge in [-0.3, -0.25) is 4.98 Å². The predicted octanol–water partition coefficient (Wildman–Crippen LogP) is 6.57. The smallest absolute Gasteiger partial charge is 0.103 e. The van der Waals surface area contributed by atoms with Gasteiger partial charge in [-0.15, -0.1) is 0 Å². The van der Waals surface area contributed by atoms with Crippen molar-refractivity contribution in [1.82, 2.24) is 9.97 Å². The summed E-state index contributed by atoms with van der Waals surface area (Å²) in [5, 5.41) is 18.5. The number of hydrogen-bond donors (Lipinski definition) is 2. The molecular formula is C24H16N4S. The van der Waals surface area contributed by atoms with E-state index < -0.39 is 0 Å². The van der Waals surface area contributed by atoms with Crippen LogP contribution in [-0.4, -0.2) is 9.97 Å². The van der Waals surface area contributed by atoms with E-state index in [1.165, 1.54) is 0 Å². The summed E-state index contributed by atoms with van der Waals surface area (Å²) in [7, 11) is 0. The first kappa shape index (κ1) is 17.2. The van der Waals surface area contributed by atoms with E-state index in [-0.39, 0.29) is 0 Å². The Bertz CT molecular complexity index is 1340. The number of aromatic nitrogens is 2. The third-order valence-electron chi connectivity index (χ3n) is 4.94. The zero-order chi connectivity index (χ0) is 19.6. The van der Waals surface area contributed by atoms with Gasteiger partial charge in [0.2, 0.25) is 0 Å². The van der Waals surface area contributed by atoms with Crippen molar-refractivity contribution in [2.24, 2.45) is 0 Å². The number of nitrogens with one attached hydrogen (secondary N) is 2. The molecule has 0 saturated heterocycles. The minimum absolute atomic E-state index is 0.511. The van der Waals surface area contributed by atoms with Crippen molar-refractivity contribution in [3.8, 4) is 28.3 Å². The topological polar surface area (TPSA) is 64.5 Å². The highest BCUT2D eigenvalue weighted by atomic mass is 32.1. The number of H-pyrrole nitrogens is 1. The summed E-state index contributed by atoms with van der Waals surface area (Å²) < 4.78 is 0. The zero-order valence-corrected chi connectivity index (χ0v) is 16.2. The van der Waals surface area contributed by atoms with E-state index in [1.807, 2.05) is 42.7 Å². The molecule has 0 bridgehead atoms. The summed E-state index contributed by atoms with van der Waals surface area (Å²) in [6, 6.07) is 20.8. The molecule has 5 aromatic rings. The lowest BCUT2D eigenvalue weighted by atomic mass is 9.95. The number of thiophene rings is 1. The second-order valence-corrected chi connectivity index (χ2v) is 7.46. The highest BCUT2D eigenvalue weighted by molar-refractivity contribution is 7.08. The standard InChI is InChI=1S/C24H16N4S/c25-12-18-13-26-14-22(21-4-2-1-3-20(21)17-8-10-29-15-17)24(18)28-19-5-6-23-16(11-19)7-9-27-23/h1-11,13-15,27H,(H,26,28). The Kier molecular flexibility index (Phi) is 4.32. The molecule has 4 nitrogen and oxygen atoms in total.